The Hall–Kier alpha value is -3.17. The van der Waals surface area contributed by atoms with Crippen LogP contribution in [-0.2, 0) is 9.59 Å². The zero-order valence-electron chi connectivity index (χ0n) is 15.7. The number of nitriles is 1. The number of para-hydroxylation sites is 1. The van der Waals surface area contributed by atoms with E-state index in [0.29, 0.717) is 30.8 Å². The molecule has 144 valence electrons. The average molecular weight is 376 g/mol. The van der Waals surface area contributed by atoms with Crippen molar-refractivity contribution < 1.29 is 9.59 Å². The van der Waals surface area contributed by atoms with E-state index < -0.39 is 0 Å². The third kappa shape index (κ3) is 5.66. The summed E-state index contributed by atoms with van der Waals surface area (Å²) in [7, 11) is 0. The number of carbonyl (C=O) groups excluding carboxylic acids is 2. The van der Waals surface area contributed by atoms with Crippen LogP contribution in [0.3, 0.4) is 0 Å². The van der Waals surface area contributed by atoms with Gasteiger partial charge in [-0.3, -0.25) is 9.59 Å². The second-order valence-electron chi connectivity index (χ2n) is 6.98. The van der Waals surface area contributed by atoms with Crippen LogP contribution < -0.4 is 10.6 Å². The highest BCUT2D eigenvalue weighted by molar-refractivity contribution is 5.93. The molecule has 0 radical (unpaired) electrons. The molecule has 2 N–H and O–H groups in total. The van der Waals surface area contributed by atoms with E-state index in [2.05, 4.69) is 21.6 Å². The van der Waals surface area contributed by atoms with Crippen LogP contribution >= 0.6 is 0 Å². The SMILES string of the molecule is N#Cc1ccc(NC(=O)CCN2CCCC(C(=O)Nc3ccccc3)C2)cc1. The summed E-state index contributed by atoms with van der Waals surface area (Å²) >= 11 is 0. The number of rotatable bonds is 6. The lowest BCUT2D eigenvalue weighted by atomic mass is 9.97. The van der Waals surface area contributed by atoms with E-state index in [-0.39, 0.29) is 17.7 Å². The van der Waals surface area contributed by atoms with Crippen LogP contribution in [0.1, 0.15) is 24.8 Å². The van der Waals surface area contributed by atoms with Gasteiger partial charge in [0.1, 0.15) is 0 Å². The molecular weight excluding hydrogens is 352 g/mol. The molecule has 1 aliphatic heterocycles. The highest BCUT2D eigenvalue weighted by Crippen LogP contribution is 2.19. The van der Waals surface area contributed by atoms with Gasteiger partial charge in [-0.2, -0.15) is 5.26 Å². The van der Waals surface area contributed by atoms with Crippen molar-refractivity contribution in [1.29, 1.82) is 5.26 Å². The molecule has 1 heterocycles. The molecule has 2 amide bonds. The van der Waals surface area contributed by atoms with E-state index in [1.54, 1.807) is 24.3 Å². The third-order valence-corrected chi connectivity index (χ3v) is 4.87. The molecule has 1 saturated heterocycles. The van der Waals surface area contributed by atoms with Crippen molar-refractivity contribution in [3.05, 3.63) is 60.2 Å². The summed E-state index contributed by atoms with van der Waals surface area (Å²) in [5.41, 5.74) is 2.06. The normalized spacial score (nSPS) is 16.8. The van der Waals surface area contributed by atoms with E-state index in [1.807, 2.05) is 30.3 Å². The van der Waals surface area contributed by atoms with Gasteiger partial charge < -0.3 is 15.5 Å². The number of nitrogens with zero attached hydrogens (tertiary/aromatic N) is 2. The van der Waals surface area contributed by atoms with Crippen LogP contribution in [0.5, 0.6) is 0 Å². The van der Waals surface area contributed by atoms with Gasteiger partial charge in [0, 0.05) is 30.9 Å². The Morgan fingerprint density at radius 2 is 1.75 bits per heavy atom. The first-order valence-corrected chi connectivity index (χ1v) is 9.52. The maximum atomic E-state index is 12.5. The van der Waals surface area contributed by atoms with E-state index in [4.69, 9.17) is 5.26 Å². The lowest BCUT2D eigenvalue weighted by Crippen LogP contribution is -2.41. The number of nitrogens with one attached hydrogen (secondary N) is 2. The Labute approximate surface area is 165 Å². The van der Waals surface area contributed by atoms with Gasteiger partial charge in [-0.25, -0.2) is 0 Å². The summed E-state index contributed by atoms with van der Waals surface area (Å²) in [6.07, 6.45) is 2.18. The summed E-state index contributed by atoms with van der Waals surface area (Å²) in [6, 6.07) is 18.3. The van der Waals surface area contributed by atoms with E-state index in [1.165, 1.54) is 0 Å². The molecule has 1 fully saturated rings. The van der Waals surface area contributed by atoms with Gasteiger partial charge in [0.05, 0.1) is 17.6 Å². The summed E-state index contributed by atoms with van der Waals surface area (Å²) in [6.45, 7) is 2.19. The van der Waals surface area contributed by atoms with Crippen molar-refractivity contribution >= 4 is 23.2 Å². The zero-order chi connectivity index (χ0) is 19.8. The van der Waals surface area contributed by atoms with Crippen molar-refractivity contribution in [3.63, 3.8) is 0 Å². The number of hydrogen-bond acceptors (Lipinski definition) is 4. The molecule has 3 rings (SSSR count). The maximum Gasteiger partial charge on any atom is 0.228 e. The first-order chi connectivity index (χ1) is 13.6. The molecule has 0 aromatic heterocycles. The van der Waals surface area contributed by atoms with Gasteiger partial charge in [-0.15, -0.1) is 0 Å². The Kier molecular flexibility index (Phi) is 6.77. The summed E-state index contributed by atoms with van der Waals surface area (Å²) in [5.74, 6) is -0.0888. The Balaban J connectivity index is 1.44. The largest absolute Gasteiger partial charge is 0.326 e. The summed E-state index contributed by atoms with van der Waals surface area (Å²) in [4.78, 5) is 26.9. The van der Waals surface area contributed by atoms with Gasteiger partial charge in [-0.05, 0) is 55.8 Å². The van der Waals surface area contributed by atoms with Gasteiger partial charge in [0.2, 0.25) is 11.8 Å². The van der Waals surface area contributed by atoms with Gasteiger partial charge in [-0.1, -0.05) is 18.2 Å². The minimum atomic E-state index is -0.0689. The number of benzene rings is 2. The first kappa shape index (κ1) is 19.6. The summed E-state index contributed by atoms with van der Waals surface area (Å²) < 4.78 is 0. The van der Waals surface area contributed by atoms with Crippen molar-refractivity contribution in [3.8, 4) is 6.07 Å². The van der Waals surface area contributed by atoms with E-state index >= 15 is 0 Å². The molecule has 0 aliphatic carbocycles. The molecule has 1 aliphatic rings. The van der Waals surface area contributed by atoms with Crippen molar-refractivity contribution in [2.24, 2.45) is 5.92 Å². The summed E-state index contributed by atoms with van der Waals surface area (Å²) in [5, 5.41) is 14.6. The number of hydrogen-bond donors (Lipinski definition) is 2. The van der Waals surface area contributed by atoms with Gasteiger partial charge in [0.15, 0.2) is 0 Å². The number of piperidine rings is 1. The zero-order valence-corrected chi connectivity index (χ0v) is 15.7. The fraction of sp³-hybridized carbons (Fsp3) is 0.318. The van der Waals surface area contributed by atoms with Crippen molar-refractivity contribution in [2.45, 2.75) is 19.3 Å². The molecule has 6 heteroatoms. The molecule has 1 unspecified atom stereocenters. The lowest BCUT2D eigenvalue weighted by Gasteiger charge is -2.31. The first-order valence-electron chi connectivity index (χ1n) is 9.52. The fourth-order valence-electron chi connectivity index (χ4n) is 3.35. The topological polar surface area (TPSA) is 85.2 Å². The molecule has 0 bridgehead atoms. The molecule has 2 aromatic carbocycles. The molecule has 28 heavy (non-hydrogen) atoms. The molecule has 0 saturated carbocycles. The number of likely N-dealkylation sites (tertiary alicyclic amines) is 1. The maximum absolute atomic E-state index is 12.5. The second-order valence-corrected chi connectivity index (χ2v) is 6.98. The monoisotopic (exact) mass is 376 g/mol. The number of anilines is 2. The second kappa shape index (κ2) is 9.67. The number of carbonyl (C=O) groups is 2. The predicted octanol–water partition coefficient (Wildman–Crippen LogP) is 3.24. The Morgan fingerprint density at radius 3 is 2.46 bits per heavy atom. The smallest absolute Gasteiger partial charge is 0.228 e. The molecule has 6 nitrogen and oxygen atoms in total. The lowest BCUT2D eigenvalue weighted by molar-refractivity contribution is -0.121. The molecule has 2 aromatic rings. The van der Waals surface area contributed by atoms with Crippen LogP contribution in [0.4, 0.5) is 11.4 Å². The molecular formula is C22H24N4O2. The minimum absolute atomic E-state index is 0.0398. The predicted molar refractivity (Wildman–Crippen MR) is 109 cm³/mol. The Bertz CT molecular complexity index is 843. The van der Waals surface area contributed by atoms with Gasteiger partial charge >= 0.3 is 0 Å². The third-order valence-electron chi connectivity index (χ3n) is 4.87. The van der Waals surface area contributed by atoms with Crippen LogP contribution in [0.2, 0.25) is 0 Å². The fourth-order valence-corrected chi connectivity index (χ4v) is 3.35. The van der Waals surface area contributed by atoms with Crippen molar-refractivity contribution in [2.75, 3.05) is 30.3 Å². The van der Waals surface area contributed by atoms with E-state index in [0.717, 1.165) is 25.1 Å². The average Bonchev–Trinajstić information content (AvgIpc) is 2.74. The van der Waals surface area contributed by atoms with Crippen LogP contribution in [-0.4, -0.2) is 36.3 Å². The van der Waals surface area contributed by atoms with E-state index in [9.17, 15) is 9.59 Å². The molecule has 1 atom stereocenters. The van der Waals surface area contributed by atoms with Crippen LogP contribution in [0.25, 0.3) is 0 Å². The Morgan fingerprint density at radius 1 is 1.04 bits per heavy atom. The number of amides is 2. The van der Waals surface area contributed by atoms with Crippen LogP contribution in [0.15, 0.2) is 54.6 Å². The standard InChI is InChI=1S/C22H24N4O2/c23-15-17-8-10-20(11-9-17)24-21(27)12-14-26-13-4-5-18(16-26)22(28)25-19-6-2-1-3-7-19/h1-3,6-11,18H,4-5,12-14,16H2,(H,24,27)(H,25,28). The molecule has 0 spiro atoms. The minimum Gasteiger partial charge on any atom is -0.326 e. The van der Waals surface area contributed by atoms with Crippen LogP contribution in [0, 0.1) is 17.2 Å². The van der Waals surface area contributed by atoms with Gasteiger partial charge in [0.25, 0.3) is 0 Å². The highest BCUT2D eigenvalue weighted by Gasteiger charge is 2.26. The highest BCUT2D eigenvalue weighted by atomic mass is 16.2. The quantitative estimate of drug-likeness (QED) is 0.810. The van der Waals surface area contributed by atoms with Crippen molar-refractivity contribution in [1.82, 2.24) is 4.90 Å².